The molecule has 0 N–H and O–H groups in total. The van der Waals surface area contributed by atoms with Gasteiger partial charge in [-0.15, -0.1) is 0 Å². The molecular formula is C63H45N. The third-order valence-corrected chi connectivity index (χ3v) is 13.9. The molecule has 0 amide bonds. The highest BCUT2D eigenvalue weighted by molar-refractivity contribution is 5.98. The van der Waals surface area contributed by atoms with Crippen molar-refractivity contribution in [1.29, 1.82) is 0 Å². The van der Waals surface area contributed by atoms with E-state index in [0.29, 0.717) is 0 Å². The quantitative estimate of drug-likeness (QED) is 0.148. The Bertz CT molecular complexity index is 3220. The molecule has 0 saturated heterocycles. The fourth-order valence-electron chi connectivity index (χ4n) is 11.2. The second-order valence-electron chi connectivity index (χ2n) is 17.2. The van der Waals surface area contributed by atoms with Gasteiger partial charge < -0.3 is 4.90 Å². The number of hydrogen-bond donors (Lipinski definition) is 0. The van der Waals surface area contributed by atoms with Gasteiger partial charge in [0, 0.05) is 16.9 Å². The molecule has 10 aromatic carbocycles. The Morgan fingerprint density at radius 1 is 0.297 bits per heavy atom. The first-order valence-electron chi connectivity index (χ1n) is 22.3. The molecule has 0 spiro atoms. The third kappa shape index (κ3) is 5.57. The number of benzene rings is 10. The molecule has 0 aliphatic heterocycles. The first-order chi connectivity index (χ1) is 31.7. The van der Waals surface area contributed by atoms with Gasteiger partial charge in [-0.3, -0.25) is 0 Å². The number of rotatable bonds is 8. The molecule has 64 heavy (non-hydrogen) atoms. The van der Waals surface area contributed by atoms with Gasteiger partial charge in [0.1, 0.15) is 0 Å². The summed E-state index contributed by atoms with van der Waals surface area (Å²) in [4.78, 5) is 2.52. The van der Waals surface area contributed by atoms with Crippen molar-refractivity contribution in [3.63, 3.8) is 0 Å². The molecule has 0 heterocycles. The standard InChI is InChI=1S/C63H45N/c1-44-33-35-45(36-34-44)46-37-39-51(40-38-46)64(52-41-42-54-53-27-14-16-29-56(53)63(59(54)43-52,49-23-10-4-11-24-49)50-25-12-5-13-26-50)60-32-18-31-58-61(60)55-28-15-17-30-57(55)62(58,47-19-6-2-7-20-47)48-21-8-3-9-22-48/h2-43H,1H3. The molecule has 1 nitrogen and oxygen atoms in total. The summed E-state index contributed by atoms with van der Waals surface area (Å²) in [6.07, 6.45) is 0. The Morgan fingerprint density at radius 3 is 1.25 bits per heavy atom. The summed E-state index contributed by atoms with van der Waals surface area (Å²) in [7, 11) is 0. The largest absolute Gasteiger partial charge is 0.310 e. The topological polar surface area (TPSA) is 3.24 Å². The van der Waals surface area contributed by atoms with Gasteiger partial charge in [-0.25, -0.2) is 0 Å². The van der Waals surface area contributed by atoms with Gasteiger partial charge in [0.2, 0.25) is 0 Å². The van der Waals surface area contributed by atoms with Crippen LogP contribution < -0.4 is 4.90 Å². The van der Waals surface area contributed by atoms with Crippen molar-refractivity contribution in [3.8, 4) is 33.4 Å². The van der Waals surface area contributed by atoms with Crippen molar-refractivity contribution < 1.29 is 0 Å². The highest BCUT2D eigenvalue weighted by Crippen LogP contribution is 2.61. The van der Waals surface area contributed by atoms with Crippen LogP contribution in [0.2, 0.25) is 0 Å². The number of aryl methyl sites for hydroxylation is 1. The van der Waals surface area contributed by atoms with Crippen LogP contribution in [-0.4, -0.2) is 0 Å². The molecule has 0 bridgehead atoms. The number of nitrogens with zero attached hydrogens (tertiary/aromatic N) is 1. The number of anilines is 3. The zero-order valence-corrected chi connectivity index (χ0v) is 35.7. The van der Waals surface area contributed by atoms with E-state index < -0.39 is 10.8 Å². The van der Waals surface area contributed by atoms with Gasteiger partial charge in [0.15, 0.2) is 0 Å². The van der Waals surface area contributed by atoms with E-state index in [-0.39, 0.29) is 0 Å². The average molecular weight is 816 g/mol. The lowest BCUT2D eigenvalue weighted by Crippen LogP contribution is -2.29. The molecule has 0 saturated carbocycles. The van der Waals surface area contributed by atoms with Gasteiger partial charge in [-0.2, -0.15) is 0 Å². The molecule has 1 heteroatoms. The van der Waals surface area contributed by atoms with Gasteiger partial charge >= 0.3 is 0 Å². The van der Waals surface area contributed by atoms with Crippen molar-refractivity contribution in [3.05, 3.63) is 305 Å². The van der Waals surface area contributed by atoms with Crippen molar-refractivity contribution >= 4 is 17.1 Å². The number of hydrogen-bond acceptors (Lipinski definition) is 1. The summed E-state index contributed by atoms with van der Waals surface area (Å²) >= 11 is 0. The van der Waals surface area contributed by atoms with Crippen molar-refractivity contribution in [2.75, 3.05) is 4.90 Å². The normalized spacial score (nSPS) is 13.6. The van der Waals surface area contributed by atoms with Crippen LogP contribution in [0.1, 0.15) is 50.1 Å². The summed E-state index contributed by atoms with van der Waals surface area (Å²) in [6.45, 7) is 2.14. The summed E-state index contributed by atoms with van der Waals surface area (Å²) in [5.74, 6) is 0. The number of fused-ring (bicyclic) bond motifs is 6. The Kier molecular flexibility index (Phi) is 8.91. The fraction of sp³-hybridized carbons (Fsp3) is 0.0476. The average Bonchev–Trinajstić information content (AvgIpc) is 3.84. The van der Waals surface area contributed by atoms with Crippen molar-refractivity contribution in [1.82, 2.24) is 0 Å². The molecule has 0 fully saturated rings. The molecule has 2 aliphatic carbocycles. The first-order valence-corrected chi connectivity index (χ1v) is 22.3. The van der Waals surface area contributed by atoms with E-state index >= 15 is 0 Å². The second kappa shape index (κ2) is 15.1. The molecular weight excluding hydrogens is 771 g/mol. The molecule has 10 aromatic rings. The summed E-state index contributed by atoms with van der Waals surface area (Å²) in [5.41, 5.74) is 21.1. The minimum Gasteiger partial charge on any atom is -0.310 e. The highest BCUT2D eigenvalue weighted by atomic mass is 15.1. The van der Waals surface area contributed by atoms with Crippen molar-refractivity contribution in [2.45, 2.75) is 17.8 Å². The second-order valence-corrected chi connectivity index (χ2v) is 17.2. The van der Waals surface area contributed by atoms with Gasteiger partial charge in [-0.05, 0) is 110 Å². The highest BCUT2D eigenvalue weighted by Gasteiger charge is 2.49. The van der Waals surface area contributed by atoms with Gasteiger partial charge in [0.05, 0.1) is 16.5 Å². The van der Waals surface area contributed by atoms with E-state index in [4.69, 9.17) is 0 Å². The van der Waals surface area contributed by atoms with Crippen LogP contribution in [0.25, 0.3) is 33.4 Å². The Hall–Kier alpha value is -8.00. The van der Waals surface area contributed by atoms with Crippen LogP contribution in [0.15, 0.2) is 255 Å². The smallest absolute Gasteiger partial charge is 0.0714 e. The first kappa shape index (κ1) is 37.7. The van der Waals surface area contributed by atoms with E-state index in [2.05, 4.69) is 267 Å². The van der Waals surface area contributed by atoms with Gasteiger partial charge in [0.25, 0.3) is 0 Å². The Balaban J connectivity index is 1.15. The van der Waals surface area contributed by atoms with E-state index in [1.165, 1.54) is 83.5 Å². The third-order valence-electron chi connectivity index (χ3n) is 13.9. The predicted molar refractivity (Wildman–Crippen MR) is 266 cm³/mol. The van der Waals surface area contributed by atoms with Gasteiger partial charge in [-0.1, -0.05) is 230 Å². The molecule has 0 atom stereocenters. The Labute approximate surface area is 376 Å². The van der Waals surface area contributed by atoms with E-state index in [1.54, 1.807) is 0 Å². The molecule has 0 unspecified atom stereocenters. The summed E-state index contributed by atoms with van der Waals surface area (Å²) < 4.78 is 0. The zero-order valence-electron chi connectivity index (χ0n) is 35.7. The molecule has 12 rings (SSSR count). The van der Waals surface area contributed by atoms with Crippen LogP contribution in [0.4, 0.5) is 17.1 Å². The zero-order chi connectivity index (χ0) is 42.7. The lowest BCUT2D eigenvalue weighted by atomic mass is 9.67. The van der Waals surface area contributed by atoms with Crippen molar-refractivity contribution in [2.24, 2.45) is 0 Å². The molecule has 302 valence electrons. The van der Waals surface area contributed by atoms with Crippen LogP contribution in [0.5, 0.6) is 0 Å². The van der Waals surface area contributed by atoms with Crippen LogP contribution in [-0.2, 0) is 10.8 Å². The van der Waals surface area contributed by atoms with Crippen LogP contribution in [0, 0.1) is 6.92 Å². The van der Waals surface area contributed by atoms with Crippen LogP contribution in [0.3, 0.4) is 0 Å². The molecule has 2 aliphatic rings. The lowest BCUT2D eigenvalue weighted by molar-refractivity contribution is 0.768. The summed E-state index contributed by atoms with van der Waals surface area (Å²) in [5, 5.41) is 0. The predicted octanol–water partition coefficient (Wildman–Crippen LogP) is 15.9. The van der Waals surface area contributed by atoms with E-state index in [9.17, 15) is 0 Å². The maximum atomic E-state index is 2.52. The maximum Gasteiger partial charge on any atom is 0.0714 e. The van der Waals surface area contributed by atoms with Crippen LogP contribution >= 0.6 is 0 Å². The molecule has 0 radical (unpaired) electrons. The SMILES string of the molecule is Cc1ccc(-c2ccc(N(c3ccc4c(c3)C(c3ccccc3)(c3ccccc3)c3ccccc3-4)c3cccc4c3-c3ccccc3C4(c3ccccc3)c3ccccc3)cc2)cc1. The minimum atomic E-state index is -0.535. The van der Waals surface area contributed by atoms with E-state index in [0.717, 1.165) is 17.1 Å². The fourth-order valence-corrected chi connectivity index (χ4v) is 11.2. The monoisotopic (exact) mass is 815 g/mol. The summed E-state index contributed by atoms with van der Waals surface area (Å²) in [6, 6.07) is 94.7. The minimum absolute atomic E-state index is 0.527. The molecule has 0 aromatic heterocycles. The van der Waals surface area contributed by atoms with E-state index in [1.807, 2.05) is 0 Å². The Morgan fingerprint density at radius 2 is 0.703 bits per heavy atom. The lowest BCUT2D eigenvalue weighted by Gasteiger charge is -2.35. The maximum absolute atomic E-state index is 2.52.